The van der Waals surface area contributed by atoms with Crippen molar-refractivity contribution < 1.29 is 13.1 Å². The Labute approximate surface area is 188 Å². The molecular formula is C28H29N2O+. The number of aryl methyl sites for hydroxylation is 2. The minimum Gasteiger partial charge on any atom is -0.456 e. The van der Waals surface area contributed by atoms with Crippen LogP contribution in [0.1, 0.15) is 64.5 Å². The van der Waals surface area contributed by atoms with Crippen LogP contribution in [0.15, 0.2) is 40.8 Å². The number of aromatic nitrogens is 1. The van der Waals surface area contributed by atoms with Gasteiger partial charge < -0.3 is 4.42 Å². The van der Waals surface area contributed by atoms with Crippen molar-refractivity contribution in [1.29, 1.82) is 0 Å². The van der Waals surface area contributed by atoms with Crippen LogP contribution >= 0.6 is 0 Å². The van der Waals surface area contributed by atoms with Gasteiger partial charge in [0.15, 0.2) is 11.4 Å². The molecule has 1 aliphatic rings. The summed E-state index contributed by atoms with van der Waals surface area (Å²) in [6.07, 6.45) is 4.39. The Kier molecular flexibility index (Phi) is 4.02. The van der Waals surface area contributed by atoms with Crippen LogP contribution in [0.4, 0.5) is 5.69 Å². The quantitative estimate of drug-likeness (QED) is 0.245. The van der Waals surface area contributed by atoms with Crippen LogP contribution in [-0.4, -0.2) is 0 Å². The van der Waals surface area contributed by atoms with Crippen LogP contribution in [0.3, 0.4) is 0 Å². The largest absolute Gasteiger partial charge is 0.456 e. The van der Waals surface area contributed by atoms with E-state index in [9.17, 15) is 2.74 Å². The van der Waals surface area contributed by atoms with Gasteiger partial charge in [-0.15, -0.1) is 0 Å². The zero-order valence-corrected chi connectivity index (χ0v) is 18.6. The van der Waals surface area contributed by atoms with Crippen LogP contribution in [0.5, 0.6) is 0 Å². The number of hydrogen-bond acceptors (Lipinski definition) is 1. The molecular weight excluding hydrogens is 380 g/mol. The van der Waals surface area contributed by atoms with Crippen molar-refractivity contribution in [3.8, 4) is 11.3 Å². The number of pyridine rings is 1. The van der Waals surface area contributed by atoms with E-state index in [-0.39, 0.29) is 6.04 Å². The first-order valence-electron chi connectivity index (χ1n) is 12.5. The van der Waals surface area contributed by atoms with Gasteiger partial charge in [0.2, 0.25) is 5.69 Å². The summed E-state index contributed by atoms with van der Waals surface area (Å²) in [6.45, 7) is 13.4. The van der Waals surface area contributed by atoms with Gasteiger partial charge in [0.25, 0.3) is 0 Å². The maximum atomic E-state index is 9.31. The van der Waals surface area contributed by atoms with Gasteiger partial charge in [0.1, 0.15) is 18.2 Å². The van der Waals surface area contributed by atoms with Gasteiger partial charge in [0.05, 0.1) is 14.9 Å². The lowest BCUT2D eigenvalue weighted by Crippen LogP contribution is -2.35. The molecule has 1 aliphatic carbocycles. The van der Waals surface area contributed by atoms with Gasteiger partial charge >= 0.3 is 0 Å². The summed E-state index contributed by atoms with van der Waals surface area (Å²) in [5.74, 6) is -0.906. The van der Waals surface area contributed by atoms with Gasteiger partial charge in [-0.25, -0.2) is 4.85 Å². The second-order valence-corrected chi connectivity index (χ2v) is 8.77. The average molecular weight is 413 g/mol. The molecule has 3 heteroatoms. The number of fused-ring (bicyclic) bond motifs is 3. The Bertz CT molecular complexity index is 1520. The zero-order valence-electron chi connectivity index (χ0n) is 21.6. The Morgan fingerprint density at radius 2 is 1.87 bits per heavy atom. The van der Waals surface area contributed by atoms with Gasteiger partial charge in [-0.2, -0.15) is 4.57 Å². The van der Waals surface area contributed by atoms with Crippen molar-refractivity contribution in [1.82, 2.24) is 0 Å². The standard InChI is InChI=1S/C28H29N2O/c1-17-13-18(2)27(28-26(17)23-12-11-22(29-4)16-25(23)31-28)24-15-21(14-19(3)30(24)5)20-9-7-6-8-10-20/h11-16,20H,6-10H2,1-3,5H3/q+1/i14D,15D,20D. The number of hydrogen-bond donors (Lipinski definition) is 0. The monoisotopic (exact) mass is 412 g/mol. The second-order valence-electron chi connectivity index (χ2n) is 8.77. The highest BCUT2D eigenvalue weighted by Crippen LogP contribution is 2.41. The van der Waals surface area contributed by atoms with E-state index < -0.39 is 5.89 Å². The van der Waals surface area contributed by atoms with Crippen molar-refractivity contribution in [2.75, 3.05) is 0 Å². The van der Waals surface area contributed by atoms with Crippen molar-refractivity contribution in [3.05, 3.63) is 70.2 Å². The summed E-state index contributed by atoms with van der Waals surface area (Å²) in [4.78, 5) is 3.55. The van der Waals surface area contributed by atoms with E-state index in [1.807, 2.05) is 37.6 Å². The van der Waals surface area contributed by atoms with Crippen LogP contribution in [-0.2, 0) is 7.05 Å². The Balaban J connectivity index is 1.90. The number of furan rings is 1. The summed E-state index contributed by atoms with van der Waals surface area (Å²) >= 11 is 0. The van der Waals surface area contributed by atoms with E-state index in [4.69, 9.17) is 12.4 Å². The molecule has 0 unspecified atom stereocenters. The Hall–Kier alpha value is -3.12. The van der Waals surface area contributed by atoms with Crippen LogP contribution in [0, 0.1) is 27.3 Å². The van der Waals surface area contributed by atoms with E-state index in [2.05, 4.69) is 17.8 Å². The SMILES string of the molecule is [2H]c1c(C2([2H])CCCCC2)c([2H])c(-c2c(C)cc(C)c3c2oc2cc([N+]#[C-])ccc23)[n+](C)c1C. The maximum absolute atomic E-state index is 9.31. The highest BCUT2D eigenvalue weighted by atomic mass is 16.3. The van der Waals surface area contributed by atoms with E-state index in [1.165, 1.54) is 0 Å². The molecule has 0 aliphatic heterocycles. The molecule has 2 aromatic carbocycles. The molecule has 0 bridgehead atoms. The fraction of sp³-hybridized carbons (Fsp3) is 0.357. The third-order valence-electron chi connectivity index (χ3n) is 6.69. The minimum absolute atomic E-state index is 0.255. The van der Waals surface area contributed by atoms with Gasteiger partial charge in [0, 0.05) is 31.2 Å². The molecule has 0 saturated heterocycles. The average Bonchev–Trinajstić information content (AvgIpc) is 3.19. The Morgan fingerprint density at radius 3 is 2.61 bits per heavy atom. The lowest BCUT2D eigenvalue weighted by atomic mass is 9.83. The van der Waals surface area contributed by atoms with Gasteiger partial charge in [-0.05, 0) is 55.3 Å². The molecule has 0 amide bonds. The van der Waals surface area contributed by atoms with E-state index >= 15 is 0 Å². The van der Waals surface area contributed by atoms with Crippen LogP contribution < -0.4 is 4.57 Å². The minimum atomic E-state index is -0.906. The molecule has 0 radical (unpaired) electrons. The summed E-state index contributed by atoms with van der Waals surface area (Å²) in [5, 5.41) is 1.94. The molecule has 2 aromatic heterocycles. The van der Waals surface area contributed by atoms with Crippen LogP contribution in [0.2, 0.25) is 0 Å². The number of benzene rings is 2. The van der Waals surface area contributed by atoms with Crippen LogP contribution in [0.25, 0.3) is 38.0 Å². The summed E-state index contributed by atoms with van der Waals surface area (Å²) in [7, 11) is 1.90. The second kappa shape index (κ2) is 7.54. The molecule has 3 nitrogen and oxygen atoms in total. The molecule has 0 atom stereocenters. The molecule has 4 aromatic rings. The maximum Gasteiger partial charge on any atom is 0.216 e. The van der Waals surface area contributed by atoms with Crippen molar-refractivity contribution in [3.63, 3.8) is 0 Å². The molecule has 0 spiro atoms. The van der Waals surface area contributed by atoms with Crippen molar-refractivity contribution in [2.24, 2.45) is 7.05 Å². The predicted molar refractivity (Wildman–Crippen MR) is 127 cm³/mol. The molecule has 31 heavy (non-hydrogen) atoms. The summed E-state index contributed by atoms with van der Waals surface area (Å²) < 4.78 is 35.7. The predicted octanol–water partition coefficient (Wildman–Crippen LogP) is 7.60. The summed E-state index contributed by atoms with van der Waals surface area (Å²) in [5.41, 5.74) is 6.76. The third kappa shape index (κ3) is 3.22. The van der Waals surface area contributed by atoms with E-state index in [1.54, 1.807) is 6.07 Å². The first kappa shape index (κ1) is 16.6. The highest BCUT2D eigenvalue weighted by molar-refractivity contribution is 6.12. The lowest BCUT2D eigenvalue weighted by Gasteiger charge is -2.22. The fourth-order valence-corrected chi connectivity index (χ4v) is 4.97. The first-order valence-corrected chi connectivity index (χ1v) is 11.0. The highest BCUT2D eigenvalue weighted by Gasteiger charge is 2.26. The summed E-state index contributed by atoms with van der Waals surface area (Å²) in [6, 6.07) is 8.20. The van der Waals surface area contributed by atoms with Crippen molar-refractivity contribution in [2.45, 2.75) is 58.8 Å². The molecule has 1 fully saturated rings. The third-order valence-corrected chi connectivity index (χ3v) is 6.69. The number of rotatable bonds is 2. The molecule has 156 valence electrons. The zero-order chi connectivity index (χ0) is 24.4. The molecule has 1 saturated carbocycles. The van der Waals surface area contributed by atoms with E-state index in [0.717, 1.165) is 52.4 Å². The number of nitrogens with zero attached hydrogens (tertiary/aromatic N) is 2. The molecule has 5 rings (SSSR count). The first-order chi connectivity index (χ1) is 16.2. The fourth-order valence-electron chi connectivity index (χ4n) is 4.97. The Morgan fingerprint density at radius 1 is 1.10 bits per heavy atom. The lowest BCUT2D eigenvalue weighted by molar-refractivity contribution is -0.666. The van der Waals surface area contributed by atoms with Crippen molar-refractivity contribution >= 4 is 27.6 Å². The molecule has 0 N–H and O–H groups in total. The molecule has 2 heterocycles. The smallest absolute Gasteiger partial charge is 0.216 e. The van der Waals surface area contributed by atoms with E-state index in [0.29, 0.717) is 47.0 Å². The topological polar surface area (TPSA) is 21.4 Å². The van der Waals surface area contributed by atoms with Gasteiger partial charge in [-0.3, -0.25) is 0 Å². The normalized spacial score (nSPS) is 17.3. The van der Waals surface area contributed by atoms with Gasteiger partial charge in [-0.1, -0.05) is 37.5 Å².